The molecule has 0 N–H and O–H groups in total. The van der Waals surface area contributed by atoms with Gasteiger partial charge in [0.2, 0.25) is 5.88 Å². The minimum absolute atomic E-state index is 0.337. The van der Waals surface area contributed by atoms with Crippen molar-refractivity contribution in [1.82, 2.24) is 13.6 Å². The van der Waals surface area contributed by atoms with Crippen LogP contribution in [-0.4, -0.2) is 51.4 Å². The normalized spacial score (nSPS) is 30.6. The van der Waals surface area contributed by atoms with Crippen molar-refractivity contribution >= 4 is 23.5 Å². The van der Waals surface area contributed by atoms with Gasteiger partial charge in [0.05, 0.1) is 11.7 Å². The molecule has 4 rings (SSSR count). The summed E-state index contributed by atoms with van der Waals surface area (Å²) in [4.78, 5) is 2.51. The second-order valence-electron chi connectivity index (χ2n) is 5.05. The summed E-state index contributed by atoms with van der Waals surface area (Å²) in [5.74, 6) is 2.61. The molecule has 2 bridgehead atoms. The van der Waals surface area contributed by atoms with Gasteiger partial charge in [-0.25, -0.2) is 0 Å². The fraction of sp³-hybridized carbons (Fsp3) is 0.833. The number of hydrogen-bond donors (Lipinski definition) is 0. The van der Waals surface area contributed by atoms with Gasteiger partial charge in [0.15, 0.2) is 0 Å². The molecular weight excluding hydrogens is 266 g/mol. The molecule has 4 nitrogen and oxygen atoms in total. The molecule has 3 aliphatic rings. The highest BCUT2D eigenvalue weighted by atomic mass is 32.2. The molecule has 3 aliphatic heterocycles. The third kappa shape index (κ3) is 2.65. The summed E-state index contributed by atoms with van der Waals surface area (Å²) >= 11 is 3.12. The summed E-state index contributed by atoms with van der Waals surface area (Å²) in [6, 6.07) is 0. The van der Waals surface area contributed by atoms with Crippen LogP contribution in [0.25, 0.3) is 0 Å². The summed E-state index contributed by atoms with van der Waals surface area (Å²) in [5, 5.41) is 0. The number of fused-ring (bicyclic) bond motifs is 3. The van der Waals surface area contributed by atoms with Gasteiger partial charge in [-0.15, -0.1) is 4.37 Å². The van der Waals surface area contributed by atoms with E-state index < -0.39 is 0 Å². The Kier molecular flexibility index (Phi) is 4.06. The Morgan fingerprint density at radius 1 is 1.39 bits per heavy atom. The van der Waals surface area contributed by atoms with Crippen LogP contribution in [0.5, 0.6) is 5.88 Å². The van der Waals surface area contributed by atoms with Crippen LogP contribution in [0.3, 0.4) is 0 Å². The highest BCUT2D eigenvalue weighted by Gasteiger charge is 2.36. The molecule has 0 amide bonds. The quantitative estimate of drug-likeness (QED) is 0.826. The lowest BCUT2D eigenvalue weighted by molar-refractivity contribution is -0.01000. The van der Waals surface area contributed by atoms with Gasteiger partial charge in [-0.2, -0.15) is 16.1 Å². The molecule has 4 heterocycles. The highest BCUT2D eigenvalue weighted by Crippen LogP contribution is 2.31. The molecule has 0 radical (unpaired) electrons. The van der Waals surface area contributed by atoms with Gasteiger partial charge in [-0.3, -0.25) is 4.90 Å². The highest BCUT2D eigenvalue weighted by molar-refractivity contribution is 7.98. The van der Waals surface area contributed by atoms with Crippen molar-refractivity contribution in [2.24, 2.45) is 5.92 Å². The summed E-state index contributed by atoms with van der Waals surface area (Å²) in [6.45, 7) is 3.57. The zero-order valence-electron chi connectivity index (χ0n) is 10.7. The topological polar surface area (TPSA) is 38.3 Å². The van der Waals surface area contributed by atoms with E-state index in [4.69, 9.17) is 4.74 Å². The lowest BCUT2D eigenvalue weighted by Gasteiger charge is -2.44. The van der Waals surface area contributed by atoms with Crippen LogP contribution in [0, 0.1) is 5.92 Å². The monoisotopic (exact) mass is 285 g/mol. The molecule has 1 aromatic rings. The lowest BCUT2D eigenvalue weighted by Crippen LogP contribution is -2.52. The van der Waals surface area contributed by atoms with Crippen molar-refractivity contribution in [1.29, 1.82) is 0 Å². The second kappa shape index (κ2) is 5.75. The Labute approximate surface area is 116 Å². The SMILES string of the molecule is CSCCc1nsnc1O[C@@H]1CN2CCC1CC2. The van der Waals surface area contributed by atoms with Crippen LogP contribution in [0.4, 0.5) is 0 Å². The van der Waals surface area contributed by atoms with E-state index in [0.29, 0.717) is 6.10 Å². The van der Waals surface area contributed by atoms with Gasteiger partial charge in [-0.1, -0.05) is 0 Å². The van der Waals surface area contributed by atoms with Crippen LogP contribution < -0.4 is 4.74 Å². The first-order valence-electron chi connectivity index (χ1n) is 6.56. The molecule has 0 aliphatic carbocycles. The molecule has 3 fully saturated rings. The molecular formula is C12H19N3OS2. The van der Waals surface area contributed by atoms with Gasteiger partial charge >= 0.3 is 0 Å². The van der Waals surface area contributed by atoms with Crippen molar-refractivity contribution in [2.75, 3.05) is 31.6 Å². The predicted molar refractivity (Wildman–Crippen MR) is 75.6 cm³/mol. The van der Waals surface area contributed by atoms with Crippen LogP contribution in [-0.2, 0) is 6.42 Å². The molecule has 0 unspecified atom stereocenters. The first-order chi connectivity index (χ1) is 8.86. The zero-order valence-corrected chi connectivity index (χ0v) is 12.3. The van der Waals surface area contributed by atoms with Crippen LogP contribution in [0.15, 0.2) is 0 Å². The minimum Gasteiger partial charge on any atom is -0.471 e. The van der Waals surface area contributed by atoms with Crippen molar-refractivity contribution in [3.63, 3.8) is 0 Å². The van der Waals surface area contributed by atoms with Gasteiger partial charge < -0.3 is 4.74 Å². The maximum Gasteiger partial charge on any atom is 0.249 e. The first kappa shape index (κ1) is 12.7. The summed E-state index contributed by atoms with van der Waals surface area (Å²) < 4.78 is 14.8. The Bertz CT molecular complexity index is 390. The fourth-order valence-corrected chi connectivity index (χ4v) is 3.76. The van der Waals surface area contributed by atoms with Crippen LogP contribution >= 0.6 is 23.5 Å². The molecule has 6 heteroatoms. The van der Waals surface area contributed by atoms with E-state index in [1.807, 2.05) is 11.8 Å². The lowest BCUT2D eigenvalue weighted by atomic mass is 9.86. The summed E-state index contributed by atoms with van der Waals surface area (Å²) in [5.41, 5.74) is 1.05. The maximum absolute atomic E-state index is 6.14. The minimum atomic E-state index is 0.337. The smallest absolute Gasteiger partial charge is 0.249 e. The van der Waals surface area contributed by atoms with Crippen molar-refractivity contribution in [3.8, 4) is 5.88 Å². The van der Waals surface area contributed by atoms with E-state index in [1.54, 1.807) is 0 Å². The Morgan fingerprint density at radius 3 is 2.89 bits per heavy atom. The fourth-order valence-electron chi connectivity index (χ4n) is 2.83. The molecule has 100 valence electrons. The van der Waals surface area contributed by atoms with Gasteiger partial charge in [0.1, 0.15) is 11.8 Å². The molecule has 1 aromatic heterocycles. The average Bonchev–Trinajstić information content (AvgIpc) is 2.85. The van der Waals surface area contributed by atoms with E-state index in [0.717, 1.165) is 36.2 Å². The van der Waals surface area contributed by atoms with Crippen LogP contribution in [0.2, 0.25) is 0 Å². The van der Waals surface area contributed by atoms with E-state index >= 15 is 0 Å². The van der Waals surface area contributed by atoms with Crippen molar-refractivity contribution < 1.29 is 4.74 Å². The van der Waals surface area contributed by atoms with Crippen LogP contribution in [0.1, 0.15) is 18.5 Å². The number of nitrogens with zero attached hydrogens (tertiary/aromatic N) is 3. The maximum atomic E-state index is 6.14. The molecule has 0 aromatic carbocycles. The number of thioether (sulfide) groups is 1. The molecule has 0 saturated carbocycles. The zero-order chi connectivity index (χ0) is 12.4. The summed E-state index contributed by atoms with van der Waals surface area (Å²) in [6.07, 6.45) is 5.98. The Hall–Kier alpha value is -0.330. The van der Waals surface area contributed by atoms with Crippen molar-refractivity contribution in [3.05, 3.63) is 5.69 Å². The van der Waals surface area contributed by atoms with Gasteiger partial charge in [0, 0.05) is 13.0 Å². The third-order valence-corrected chi connectivity index (χ3v) is 5.09. The predicted octanol–water partition coefficient (Wildman–Crippen LogP) is 1.92. The molecule has 3 saturated heterocycles. The number of rotatable bonds is 5. The number of piperidine rings is 3. The largest absolute Gasteiger partial charge is 0.471 e. The van der Waals surface area contributed by atoms with E-state index in [9.17, 15) is 0 Å². The van der Waals surface area contributed by atoms with E-state index in [-0.39, 0.29) is 0 Å². The molecule has 1 atom stereocenters. The number of hydrogen-bond acceptors (Lipinski definition) is 6. The Morgan fingerprint density at radius 2 is 2.22 bits per heavy atom. The summed E-state index contributed by atoms with van der Waals surface area (Å²) in [7, 11) is 0. The van der Waals surface area contributed by atoms with E-state index in [2.05, 4.69) is 19.9 Å². The number of ether oxygens (including phenoxy) is 1. The number of aryl methyl sites for hydroxylation is 1. The number of aromatic nitrogens is 2. The Balaban J connectivity index is 1.63. The average molecular weight is 285 g/mol. The second-order valence-corrected chi connectivity index (χ2v) is 6.57. The first-order valence-corrected chi connectivity index (χ1v) is 8.68. The van der Waals surface area contributed by atoms with Gasteiger partial charge in [-0.05, 0) is 43.9 Å². The third-order valence-electron chi connectivity index (χ3n) is 3.92. The van der Waals surface area contributed by atoms with Crippen molar-refractivity contribution in [2.45, 2.75) is 25.4 Å². The standard InChI is InChI=1S/C12H19N3OS2/c1-17-7-4-10-12(14-18-13-10)16-11-8-15-5-2-9(11)3-6-15/h9,11H,2-8H2,1H3/t11-/m1/s1. The molecule has 18 heavy (non-hydrogen) atoms. The molecule has 0 spiro atoms. The van der Waals surface area contributed by atoms with E-state index in [1.165, 1.54) is 37.7 Å². The van der Waals surface area contributed by atoms with Gasteiger partial charge in [0.25, 0.3) is 0 Å².